The molecule has 1 aromatic carbocycles. The summed E-state index contributed by atoms with van der Waals surface area (Å²) in [5.74, 6) is -0.952. The van der Waals surface area contributed by atoms with E-state index < -0.39 is 5.97 Å². The van der Waals surface area contributed by atoms with Gasteiger partial charge in [-0.2, -0.15) is 0 Å². The first-order chi connectivity index (χ1) is 7.66. The summed E-state index contributed by atoms with van der Waals surface area (Å²) in [6.07, 6.45) is 1.53. The molecule has 0 aliphatic heterocycles. The number of carboxylic acids is 1. The first-order valence-electron chi connectivity index (χ1n) is 4.59. The van der Waals surface area contributed by atoms with E-state index in [0.29, 0.717) is 10.1 Å². The minimum absolute atomic E-state index is 0.253. The van der Waals surface area contributed by atoms with E-state index >= 15 is 0 Å². The fraction of sp³-hybridized carbons (Fsp3) is 0.0909. The van der Waals surface area contributed by atoms with Crippen molar-refractivity contribution in [2.45, 2.75) is 17.0 Å². The average molecular weight is 235 g/mol. The van der Waals surface area contributed by atoms with Crippen LogP contribution in [0.4, 0.5) is 0 Å². The molecule has 0 fully saturated rings. The Bertz CT molecular complexity index is 521. The van der Waals surface area contributed by atoms with Gasteiger partial charge < -0.3 is 9.52 Å². The summed E-state index contributed by atoms with van der Waals surface area (Å²) in [6, 6.07) is 6.76. The maximum Gasteiger partial charge on any atom is 0.336 e. The van der Waals surface area contributed by atoms with Gasteiger partial charge in [0.05, 0.1) is 11.3 Å². The third kappa shape index (κ3) is 2.25. The van der Waals surface area contributed by atoms with Gasteiger partial charge in [0.2, 0.25) is 0 Å². The third-order valence-corrected chi connectivity index (χ3v) is 2.85. The molecule has 2 aromatic rings. The molecular weight excluding hydrogens is 226 g/mol. The van der Waals surface area contributed by atoms with Crippen molar-refractivity contribution in [1.29, 1.82) is 0 Å². The van der Waals surface area contributed by atoms with E-state index in [0.717, 1.165) is 5.69 Å². The van der Waals surface area contributed by atoms with Crippen LogP contribution in [0.25, 0.3) is 0 Å². The van der Waals surface area contributed by atoms with Crippen LogP contribution in [0.15, 0.2) is 45.1 Å². The van der Waals surface area contributed by atoms with Gasteiger partial charge >= 0.3 is 5.97 Å². The largest absolute Gasteiger partial charge is 0.478 e. The Morgan fingerprint density at radius 1 is 1.44 bits per heavy atom. The highest BCUT2D eigenvalue weighted by atomic mass is 32.2. The van der Waals surface area contributed by atoms with E-state index in [2.05, 4.69) is 4.98 Å². The van der Waals surface area contributed by atoms with Gasteiger partial charge in [-0.05, 0) is 30.8 Å². The molecule has 16 heavy (non-hydrogen) atoms. The summed E-state index contributed by atoms with van der Waals surface area (Å²) in [4.78, 5) is 15.7. The summed E-state index contributed by atoms with van der Waals surface area (Å²) in [7, 11) is 0. The maximum atomic E-state index is 11.0. The lowest BCUT2D eigenvalue weighted by Gasteiger charge is -2.01. The topological polar surface area (TPSA) is 63.3 Å². The Labute approximate surface area is 96.3 Å². The molecule has 0 aliphatic carbocycles. The van der Waals surface area contributed by atoms with Gasteiger partial charge in [-0.1, -0.05) is 12.1 Å². The van der Waals surface area contributed by atoms with Crippen LogP contribution < -0.4 is 0 Å². The molecule has 2 rings (SSSR count). The number of oxazole rings is 1. The Morgan fingerprint density at radius 2 is 2.19 bits per heavy atom. The van der Waals surface area contributed by atoms with Gasteiger partial charge in [-0.25, -0.2) is 9.78 Å². The SMILES string of the molecule is Cc1coc(Sc2ccccc2C(=O)O)n1. The number of benzene rings is 1. The fourth-order valence-electron chi connectivity index (χ4n) is 1.21. The predicted octanol–water partition coefficient (Wildman–Crippen LogP) is 2.83. The van der Waals surface area contributed by atoms with Crippen LogP contribution in [0.3, 0.4) is 0 Å². The molecule has 0 radical (unpaired) electrons. The molecule has 0 amide bonds. The molecule has 0 aliphatic rings. The molecule has 0 saturated heterocycles. The van der Waals surface area contributed by atoms with Crippen molar-refractivity contribution in [3.8, 4) is 0 Å². The molecule has 1 heterocycles. The average Bonchev–Trinajstić information content (AvgIpc) is 2.64. The second-order valence-electron chi connectivity index (χ2n) is 3.16. The lowest BCUT2D eigenvalue weighted by atomic mass is 10.2. The first kappa shape index (κ1) is 10.8. The molecule has 0 bridgehead atoms. The van der Waals surface area contributed by atoms with Crippen molar-refractivity contribution in [1.82, 2.24) is 4.98 Å². The number of aromatic carboxylic acids is 1. The molecule has 82 valence electrons. The van der Waals surface area contributed by atoms with Crippen LogP contribution in [-0.4, -0.2) is 16.1 Å². The number of carboxylic acid groups (broad SMARTS) is 1. The van der Waals surface area contributed by atoms with Crippen molar-refractivity contribution in [2.24, 2.45) is 0 Å². The van der Waals surface area contributed by atoms with Gasteiger partial charge in [-0.15, -0.1) is 0 Å². The number of hydrogen-bond donors (Lipinski definition) is 1. The minimum atomic E-state index is -0.952. The predicted molar refractivity (Wildman–Crippen MR) is 58.8 cm³/mol. The number of hydrogen-bond acceptors (Lipinski definition) is 4. The second-order valence-corrected chi connectivity index (χ2v) is 4.15. The normalized spacial score (nSPS) is 10.3. The Balaban J connectivity index is 2.31. The quantitative estimate of drug-likeness (QED) is 0.886. The molecule has 4 nitrogen and oxygen atoms in total. The molecular formula is C11H9NO3S. The second kappa shape index (κ2) is 4.40. The van der Waals surface area contributed by atoms with E-state index in [9.17, 15) is 4.79 Å². The smallest absolute Gasteiger partial charge is 0.336 e. The lowest BCUT2D eigenvalue weighted by Crippen LogP contribution is -1.97. The Hall–Kier alpha value is -1.75. The third-order valence-electron chi connectivity index (χ3n) is 1.91. The molecule has 0 unspecified atom stereocenters. The van der Waals surface area contributed by atoms with E-state index in [1.54, 1.807) is 24.3 Å². The van der Waals surface area contributed by atoms with Crippen molar-refractivity contribution < 1.29 is 14.3 Å². The van der Waals surface area contributed by atoms with Crippen LogP contribution in [0.5, 0.6) is 0 Å². The fourth-order valence-corrected chi connectivity index (χ4v) is 2.09. The zero-order chi connectivity index (χ0) is 11.5. The van der Waals surface area contributed by atoms with Crippen molar-refractivity contribution in [3.05, 3.63) is 41.8 Å². The highest BCUT2D eigenvalue weighted by molar-refractivity contribution is 7.99. The van der Waals surface area contributed by atoms with Crippen molar-refractivity contribution in [3.63, 3.8) is 0 Å². The van der Waals surface area contributed by atoms with Crippen molar-refractivity contribution >= 4 is 17.7 Å². The maximum absolute atomic E-state index is 11.0. The first-order valence-corrected chi connectivity index (χ1v) is 5.41. The highest BCUT2D eigenvalue weighted by Gasteiger charge is 2.12. The van der Waals surface area contributed by atoms with Crippen LogP contribution in [0.1, 0.15) is 16.1 Å². The van der Waals surface area contributed by atoms with Crippen LogP contribution in [0.2, 0.25) is 0 Å². The summed E-state index contributed by atoms with van der Waals surface area (Å²) in [6.45, 7) is 1.82. The van der Waals surface area contributed by atoms with Crippen LogP contribution in [-0.2, 0) is 0 Å². The monoisotopic (exact) mass is 235 g/mol. The number of nitrogens with zero attached hydrogens (tertiary/aromatic N) is 1. The van der Waals surface area contributed by atoms with Crippen LogP contribution in [0, 0.1) is 6.92 Å². The summed E-state index contributed by atoms with van der Waals surface area (Å²) in [5, 5.41) is 9.43. The zero-order valence-electron chi connectivity index (χ0n) is 8.51. The van der Waals surface area contributed by atoms with E-state index in [-0.39, 0.29) is 5.56 Å². The van der Waals surface area contributed by atoms with Gasteiger partial charge in [0.25, 0.3) is 5.22 Å². The van der Waals surface area contributed by atoms with Crippen LogP contribution >= 0.6 is 11.8 Å². The summed E-state index contributed by atoms with van der Waals surface area (Å²) >= 11 is 1.20. The highest BCUT2D eigenvalue weighted by Crippen LogP contribution is 2.29. The molecule has 1 aromatic heterocycles. The van der Waals surface area contributed by atoms with Gasteiger partial charge in [-0.3, -0.25) is 0 Å². The molecule has 0 saturated carbocycles. The summed E-state index contributed by atoms with van der Waals surface area (Å²) < 4.78 is 5.16. The number of carbonyl (C=O) groups is 1. The molecule has 0 atom stereocenters. The number of rotatable bonds is 3. The van der Waals surface area contributed by atoms with E-state index in [4.69, 9.17) is 9.52 Å². The zero-order valence-corrected chi connectivity index (χ0v) is 9.32. The molecule has 5 heteroatoms. The van der Waals surface area contributed by atoms with Gasteiger partial charge in [0.1, 0.15) is 6.26 Å². The number of aryl methyl sites for hydroxylation is 1. The summed E-state index contributed by atoms with van der Waals surface area (Å²) in [5.41, 5.74) is 1.03. The molecule has 1 N–H and O–H groups in total. The molecule has 0 spiro atoms. The van der Waals surface area contributed by atoms with E-state index in [1.165, 1.54) is 18.0 Å². The lowest BCUT2D eigenvalue weighted by molar-refractivity contribution is 0.0693. The standard InChI is InChI=1S/C11H9NO3S/c1-7-6-15-11(12-7)16-9-5-3-2-4-8(9)10(13)14/h2-6H,1H3,(H,13,14). The van der Waals surface area contributed by atoms with Crippen molar-refractivity contribution in [2.75, 3.05) is 0 Å². The van der Waals surface area contributed by atoms with Gasteiger partial charge in [0.15, 0.2) is 0 Å². The van der Waals surface area contributed by atoms with E-state index in [1.807, 2.05) is 6.92 Å². The Kier molecular flexibility index (Phi) is 2.96. The van der Waals surface area contributed by atoms with Gasteiger partial charge in [0, 0.05) is 4.90 Å². The Morgan fingerprint density at radius 3 is 2.81 bits per heavy atom. The minimum Gasteiger partial charge on any atom is -0.478 e. The number of aromatic nitrogens is 1.